The first kappa shape index (κ1) is 22.3. The molecular formula is C22H22F3N3O3. The number of aryl methyl sites for hydroxylation is 1. The molecule has 0 radical (unpaired) electrons. The van der Waals surface area contributed by atoms with Crippen LogP contribution in [0.5, 0.6) is 0 Å². The van der Waals surface area contributed by atoms with Crippen molar-refractivity contribution in [2.75, 3.05) is 11.9 Å². The molecule has 1 fully saturated rings. The van der Waals surface area contributed by atoms with Gasteiger partial charge in [-0.3, -0.25) is 14.5 Å². The van der Waals surface area contributed by atoms with Crippen LogP contribution in [-0.2, 0) is 27.7 Å². The van der Waals surface area contributed by atoms with E-state index in [1.54, 1.807) is 12.1 Å². The molecule has 1 atom stereocenters. The number of nitrogens with one attached hydrogen (secondary N) is 2. The van der Waals surface area contributed by atoms with E-state index in [1.165, 1.54) is 19.1 Å². The van der Waals surface area contributed by atoms with Crippen molar-refractivity contribution in [3.8, 4) is 0 Å². The number of para-hydroxylation sites is 1. The minimum absolute atomic E-state index is 0.443. The molecule has 1 aliphatic heterocycles. The summed E-state index contributed by atoms with van der Waals surface area (Å²) in [7, 11) is 0. The number of benzene rings is 2. The van der Waals surface area contributed by atoms with Crippen molar-refractivity contribution in [3.63, 3.8) is 0 Å². The van der Waals surface area contributed by atoms with Crippen molar-refractivity contribution in [1.29, 1.82) is 0 Å². The van der Waals surface area contributed by atoms with E-state index in [2.05, 4.69) is 10.6 Å². The van der Waals surface area contributed by atoms with Crippen molar-refractivity contribution in [3.05, 3.63) is 65.2 Å². The normalized spacial score (nSPS) is 18.8. The number of imide groups is 1. The van der Waals surface area contributed by atoms with Gasteiger partial charge in [0.1, 0.15) is 12.1 Å². The molecule has 0 aromatic heterocycles. The number of amides is 4. The molecule has 2 N–H and O–H groups in total. The number of hydrogen-bond donors (Lipinski definition) is 2. The van der Waals surface area contributed by atoms with Crippen LogP contribution in [0.4, 0.5) is 23.7 Å². The topological polar surface area (TPSA) is 78.5 Å². The van der Waals surface area contributed by atoms with Crippen molar-refractivity contribution < 1.29 is 27.6 Å². The van der Waals surface area contributed by atoms with E-state index in [4.69, 9.17) is 0 Å². The molecule has 31 heavy (non-hydrogen) atoms. The van der Waals surface area contributed by atoms with Gasteiger partial charge in [0.2, 0.25) is 5.91 Å². The van der Waals surface area contributed by atoms with Crippen LogP contribution >= 0.6 is 0 Å². The predicted molar refractivity (Wildman–Crippen MR) is 108 cm³/mol. The molecule has 1 unspecified atom stereocenters. The van der Waals surface area contributed by atoms with E-state index in [-0.39, 0.29) is 0 Å². The zero-order chi connectivity index (χ0) is 22.8. The number of carbonyl (C=O) groups is 3. The molecule has 2 aromatic carbocycles. The number of urea groups is 1. The van der Waals surface area contributed by atoms with Gasteiger partial charge in [-0.15, -0.1) is 0 Å². The molecule has 0 spiro atoms. The summed E-state index contributed by atoms with van der Waals surface area (Å²) in [5.41, 5.74) is -1.19. The summed E-state index contributed by atoms with van der Waals surface area (Å²) in [6, 6.07) is 10.9. The van der Waals surface area contributed by atoms with E-state index in [0.717, 1.165) is 30.5 Å². The third-order valence-corrected chi connectivity index (χ3v) is 5.15. The zero-order valence-corrected chi connectivity index (χ0v) is 17.0. The molecule has 0 aliphatic carbocycles. The molecule has 2 aromatic rings. The van der Waals surface area contributed by atoms with Gasteiger partial charge in [0.25, 0.3) is 5.91 Å². The second-order valence-corrected chi connectivity index (χ2v) is 7.48. The fourth-order valence-corrected chi connectivity index (χ4v) is 3.50. The number of hydrogen-bond acceptors (Lipinski definition) is 3. The third-order valence-electron chi connectivity index (χ3n) is 5.15. The number of nitrogens with zero attached hydrogens (tertiary/aromatic N) is 1. The first-order chi connectivity index (χ1) is 14.6. The van der Waals surface area contributed by atoms with Crippen molar-refractivity contribution >= 4 is 23.5 Å². The van der Waals surface area contributed by atoms with Crippen LogP contribution in [-0.4, -0.2) is 29.3 Å². The molecule has 1 heterocycles. The second kappa shape index (κ2) is 8.41. The predicted octanol–water partition coefficient (Wildman–Crippen LogP) is 4.06. The summed E-state index contributed by atoms with van der Waals surface area (Å²) in [4.78, 5) is 38.4. The highest BCUT2D eigenvalue weighted by Gasteiger charge is 2.49. The lowest BCUT2D eigenvalue weighted by Gasteiger charge is -2.22. The smallest absolute Gasteiger partial charge is 0.324 e. The number of rotatable bonds is 6. The summed E-state index contributed by atoms with van der Waals surface area (Å²) >= 11 is 0. The molecule has 3 rings (SSSR count). The van der Waals surface area contributed by atoms with Crippen molar-refractivity contribution in [2.45, 2.75) is 38.4 Å². The third kappa shape index (κ3) is 4.55. The maximum atomic E-state index is 13.1. The van der Waals surface area contributed by atoms with Crippen molar-refractivity contribution in [1.82, 2.24) is 10.2 Å². The van der Waals surface area contributed by atoms with Crippen molar-refractivity contribution in [2.24, 2.45) is 0 Å². The largest absolute Gasteiger partial charge is 0.418 e. The van der Waals surface area contributed by atoms with E-state index in [9.17, 15) is 27.6 Å². The Morgan fingerprint density at radius 1 is 1.10 bits per heavy atom. The monoisotopic (exact) mass is 433 g/mol. The molecular weight excluding hydrogens is 411 g/mol. The van der Waals surface area contributed by atoms with Gasteiger partial charge in [-0.05, 0) is 36.6 Å². The lowest BCUT2D eigenvalue weighted by Crippen LogP contribution is -2.42. The molecule has 1 saturated heterocycles. The Kier molecular flexibility index (Phi) is 6.06. The number of anilines is 1. The molecule has 164 valence electrons. The van der Waals surface area contributed by atoms with Gasteiger partial charge < -0.3 is 10.6 Å². The second-order valence-electron chi connectivity index (χ2n) is 7.48. The van der Waals surface area contributed by atoms with E-state index < -0.39 is 47.4 Å². The average Bonchev–Trinajstić information content (AvgIpc) is 2.92. The summed E-state index contributed by atoms with van der Waals surface area (Å²) in [5.74, 6) is -1.57. The van der Waals surface area contributed by atoms with Gasteiger partial charge in [-0.1, -0.05) is 49.7 Å². The lowest BCUT2D eigenvalue weighted by atomic mass is 9.91. The maximum absolute atomic E-state index is 13.1. The van der Waals surface area contributed by atoms with Gasteiger partial charge in [0.15, 0.2) is 0 Å². The van der Waals surface area contributed by atoms with Gasteiger partial charge in [-0.25, -0.2) is 4.79 Å². The average molecular weight is 433 g/mol. The minimum Gasteiger partial charge on any atom is -0.324 e. The highest BCUT2D eigenvalue weighted by Crippen LogP contribution is 2.34. The van der Waals surface area contributed by atoms with Crippen LogP contribution < -0.4 is 10.6 Å². The zero-order valence-electron chi connectivity index (χ0n) is 17.0. The van der Waals surface area contributed by atoms with Crippen LogP contribution in [0.3, 0.4) is 0 Å². The summed E-state index contributed by atoms with van der Waals surface area (Å²) in [6.45, 7) is 2.87. The van der Waals surface area contributed by atoms with E-state index >= 15 is 0 Å². The molecule has 6 nitrogen and oxygen atoms in total. The van der Waals surface area contributed by atoms with E-state index in [0.29, 0.717) is 10.5 Å². The van der Waals surface area contributed by atoms with Crippen LogP contribution in [0.15, 0.2) is 48.5 Å². The van der Waals surface area contributed by atoms with Crippen LogP contribution in [0, 0.1) is 0 Å². The summed E-state index contributed by atoms with van der Waals surface area (Å²) in [5, 5.41) is 4.72. The molecule has 9 heteroatoms. The Labute approximate surface area is 177 Å². The van der Waals surface area contributed by atoms with Crippen LogP contribution in [0.25, 0.3) is 0 Å². The number of carbonyl (C=O) groups excluding carboxylic acids is 3. The number of halogens is 3. The highest BCUT2D eigenvalue weighted by atomic mass is 19.4. The molecule has 4 amide bonds. The standard InChI is InChI=1S/C22H22F3N3O3/c1-3-6-14-9-11-15(12-10-14)21(2)19(30)28(20(31)27-21)13-18(29)26-17-8-5-4-7-16(17)22(23,24)25/h4-5,7-12H,3,6,13H2,1-2H3,(H,26,29)(H,27,31). The quantitative estimate of drug-likeness (QED) is 0.675. The fourth-order valence-electron chi connectivity index (χ4n) is 3.50. The summed E-state index contributed by atoms with van der Waals surface area (Å²) in [6.07, 6.45) is -2.82. The lowest BCUT2D eigenvalue weighted by molar-refractivity contribution is -0.137. The highest BCUT2D eigenvalue weighted by molar-refractivity contribution is 6.10. The molecule has 0 saturated carbocycles. The van der Waals surface area contributed by atoms with Gasteiger partial charge in [-0.2, -0.15) is 13.2 Å². The maximum Gasteiger partial charge on any atom is 0.418 e. The Hall–Kier alpha value is -3.36. The fraction of sp³-hybridized carbons (Fsp3) is 0.318. The SMILES string of the molecule is CCCc1ccc(C2(C)NC(=O)N(CC(=O)Nc3ccccc3C(F)(F)F)C2=O)cc1. The summed E-state index contributed by atoms with van der Waals surface area (Å²) < 4.78 is 39.3. The number of alkyl halides is 3. The molecule has 0 bridgehead atoms. The minimum atomic E-state index is -4.66. The Bertz CT molecular complexity index is 1010. The van der Waals surface area contributed by atoms with Gasteiger partial charge in [0, 0.05) is 0 Å². The van der Waals surface area contributed by atoms with Crippen LogP contribution in [0.1, 0.15) is 37.0 Å². The van der Waals surface area contributed by atoms with Gasteiger partial charge >= 0.3 is 12.2 Å². The first-order valence-electron chi connectivity index (χ1n) is 9.76. The van der Waals surface area contributed by atoms with Gasteiger partial charge in [0.05, 0.1) is 11.3 Å². The van der Waals surface area contributed by atoms with Crippen LogP contribution in [0.2, 0.25) is 0 Å². The van der Waals surface area contributed by atoms with E-state index in [1.807, 2.05) is 19.1 Å². The Balaban J connectivity index is 1.75. The first-order valence-corrected chi connectivity index (χ1v) is 9.76. The Morgan fingerprint density at radius 2 is 1.74 bits per heavy atom. The Morgan fingerprint density at radius 3 is 2.35 bits per heavy atom. The molecule has 1 aliphatic rings.